The summed E-state index contributed by atoms with van der Waals surface area (Å²) in [6, 6.07) is 8.06. The highest BCUT2D eigenvalue weighted by atomic mass is 35.5. The van der Waals surface area contributed by atoms with E-state index in [2.05, 4.69) is 15.3 Å². The van der Waals surface area contributed by atoms with Crippen LogP contribution in [0.2, 0.25) is 10.3 Å². The fraction of sp³-hybridized carbons (Fsp3) is 0.286. The minimum atomic E-state index is 0.166. The number of rotatable bonds is 6. The van der Waals surface area contributed by atoms with Gasteiger partial charge in [-0.2, -0.15) is 4.98 Å². The van der Waals surface area contributed by atoms with Crippen LogP contribution in [0.3, 0.4) is 0 Å². The van der Waals surface area contributed by atoms with Crippen LogP contribution in [0, 0.1) is 0 Å². The number of hydrogen-bond acceptors (Lipinski definition) is 4. The zero-order valence-electron chi connectivity index (χ0n) is 11.1. The molecule has 0 aliphatic heterocycles. The smallest absolute Gasteiger partial charge is 0.224 e. The summed E-state index contributed by atoms with van der Waals surface area (Å²) in [7, 11) is 0. The van der Waals surface area contributed by atoms with Gasteiger partial charge >= 0.3 is 0 Å². The second-order valence-corrected chi connectivity index (χ2v) is 4.84. The summed E-state index contributed by atoms with van der Waals surface area (Å²) in [6.07, 6.45) is 1.48. The molecule has 0 radical (unpaired) electrons. The first-order valence-corrected chi connectivity index (χ1v) is 7.02. The first-order chi connectivity index (χ1) is 9.70. The highest BCUT2D eigenvalue weighted by Crippen LogP contribution is 2.21. The van der Waals surface area contributed by atoms with Gasteiger partial charge in [0.1, 0.15) is 10.8 Å². The maximum Gasteiger partial charge on any atom is 0.224 e. The maximum atomic E-state index is 6.02. The standard InChI is InChI=1S/C14H15Cl2N3O/c1-2-20-9-11-6-4-3-5-10(11)7-17-13-12(15)8-18-14(16)19-13/h3-6,8H,2,7,9H2,1H3,(H,17,18,19). The summed E-state index contributed by atoms with van der Waals surface area (Å²) in [5, 5.41) is 3.77. The predicted octanol–water partition coefficient (Wildman–Crippen LogP) is 3.93. The lowest BCUT2D eigenvalue weighted by Crippen LogP contribution is -2.06. The fourth-order valence-electron chi connectivity index (χ4n) is 1.73. The average molecular weight is 312 g/mol. The monoisotopic (exact) mass is 311 g/mol. The van der Waals surface area contributed by atoms with E-state index in [0.717, 1.165) is 11.1 Å². The highest BCUT2D eigenvalue weighted by molar-refractivity contribution is 6.33. The van der Waals surface area contributed by atoms with Gasteiger partial charge in [-0.3, -0.25) is 0 Å². The van der Waals surface area contributed by atoms with E-state index in [4.69, 9.17) is 27.9 Å². The topological polar surface area (TPSA) is 47.0 Å². The molecule has 1 aromatic heterocycles. The number of anilines is 1. The van der Waals surface area contributed by atoms with Gasteiger partial charge in [-0.15, -0.1) is 0 Å². The van der Waals surface area contributed by atoms with Crippen LogP contribution < -0.4 is 5.32 Å². The molecule has 1 aromatic carbocycles. The molecule has 0 aliphatic carbocycles. The van der Waals surface area contributed by atoms with Gasteiger partial charge < -0.3 is 10.1 Å². The molecule has 1 N–H and O–H groups in total. The van der Waals surface area contributed by atoms with E-state index in [1.165, 1.54) is 6.20 Å². The van der Waals surface area contributed by atoms with E-state index in [9.17, 15) is 0 Å². The summed E-state index contributed by atoms with van der Waals surface area (Å²) in [5.41, 5.74) is 2.27. The quantitative estimate of drug-likeness (QED) is 0.821. The lowest BCUT2D eigenvalue weighted by atomic mass is 10.1. The van der Waals surface area contributed by atoms with E-state index in [1.807, 2.05) is 31.2 Å². The summed E-state index contributed by atoms with van der Waals surface area (Å²) in [4.78, 5) is 7.87. The van der Waals surface area contributed by atoms with Crippen molar-refractivity contribution in [3.05, 3.63) is 51.9 Å². The molecular weight excluding hydrogens is 297 g/mol. The Labute approximate surface area is 128 Å². The molecule has 4 nitrogen and oxygen atoms in total. The molecule has 2 aromatic rings. The van der Waals surface area contributed by atoms with Crippen molar-refractivity contribution in [3.8, 4) is 0 Å². The maximum absolute atomic E-state index is 6.02. The van der Waals surface area contributed by atoms with Crippen molar-refractivity contribution in [1.29, 1.82) is 0 Å². The first-order valence-electron chi connectivity index (χ1n) is 6.27. The SMILES string of the molecule is CCOCc1ccccc1CNc1nc(Cl)ncc1Cl. The highest BCUT2D eigenvalue weighted by Gasteiger charge is 2.06. The molecule has 0 fully saturated rings. The Morgan fingerprint density at radius 1 is 1.20 bits per heavy atom. The second-order valence-electron chi connectivity index (χ2n) is 4.09. The number of nitrogens with one attached hydrogen (secondary N) is 1. The van der Waals surface area contributed by atoms with Crippen LogP contribution in [-0.2, 0) is 17.9 Å². The van der Waals surface area contributed by atoms with Crippen LogP contribution in [0.1, 0.15) is 18.1 Å². The van der Waals surface area contributed by atoms with E-state index in [0.29, 0.717) is 30.6 Å². The molecule has 0 bridgehead atoms. The summed E-state index contributed by atoms with van der Waals surface area (Å²) in [6.45, 7) is 3.85. The molecule has 0 unspecified atom stereocenters. The van der Waals surface area contributed by atoms with Crippen LogP contribution in [0.25, 0.3) is 0 Å². The molecule has 20 heavy (non-hydrogen) atoms. The number of halogens is 2. The Kier molecular flexibility index (Phi) is 5.59. The molecule has 0 atom stereocenters. The second kappa shape index (κ2) is 7.43. The van der Waals surface area contributed by atoms with Crippen molar-refractivity contribution in [3.63, 3.8) is 0 Å². The van der Waals surface area contributed by atoms with Gasteiger partial charge in [0.2, 0.25) is 5.28 Å². The minimum absolute atomic E-state index is 0.166. The molecule has 6 heteroatoms. The third-order valence-corrected chi connectivity index (χ3v) is 3.20. The van der Waals surface area contributed by atoms with Gasteiger partial charge in [0.15, 0.2) is 0 Å². The Bertz CT molecular complexity index is 578. The van der Waals surface area contributed by atoms with Gasteiger partial charge in [-0.05, 0) is 29.7 Å². The van der Waals surface area contributed by atoms with Gasteiger partial charge in [0.05, 0.1) is 12.8 Å². The van der Waals surface area contributed by atoms with Crippen molar-refractivity contribution < 1.29 is 4.74 Å². The van der Waals surface area contributed by atoms with Crippen molar-refractivity contribution >= 4 is 29.0 Å². The first kappa shape index (κ1) is 15.0. The fourth-order valence-corrected chi connectivity index (χ4v) is 2.02. The third-order valence-electron chi connectivity index (χ3n) is 2.74. The van der Waals surface area contributed by atoms with Crippen molar-refractivity contribution in [2.75, 3.05) is 11.9 Å². The van der Waals surface area contributed by atoms with E-state index in [1.54, 1.807) is 0 Å². The molecule has 106 valence electrons. The lowest BCUT2D eigenvalue weighted by molar-refractivity contribution is 0.133. The molecule has 1 heterocycles. The van der Waals surface area contributed by atoms with Crippen molar-refractivity contribution in [2.45, 2.75) is 20.1 Å². The van der Waals surface area contributed by atoms with Crippen LogP contribution in [0.4, 0.5) is 5.82 Å². The number of nitrogens with zero attached hydrogens (tertiary/aromatic N) is 2. The number of ether oxygens (including phenoxy) is 1. The van der Waals surface area contributed by atoms with Gasteiger partial charge in [-0.1, -0.05) is 35.9 Å². The number of benzene rings is 1. The van der Waals surface area contributed by atoms with E-state index < -0.39 is 0 Å². The molecule has 0 spiro atoms. The largest absolute Gasteiger partial charge is 0.377 e. The molecule has 0 saturated carbocycles. The van der Waals surface area contributed by atoms with Crippen LogP contribution in [-0.4, -0.2) is 16.6 Å². The van der Waals surface area contributed by atoms with Crippen molar-refractivity contribution in [2.24, 2.45) is 0 Å². The van der Waals surface area contributed by atoms with Gasteiger partial charge in [-0.25, -0.2) is 4.98 Å². The third kappa shape index (κ3) is 4.07. The lowest BCUT2D eigenvalue weighted by Gasteiger charge is -2.11. The Morgan fingerprint density at radius 3 is 2.70 bits per heavy atom. The zero-order chi connectivity index (χ0) is 14.4. The van der Waals surface area contributed by atoms with Crippen LogP contribution in [0.15, 0.2) is 30.5 Å². The summed E-state index contributed by atoms with van der Waals surface area (Å²) < 4.78 is 5.45. The molecule has 0 saturated heterocycles. The molecule has 0 amide bonds. The minimum Gasteiger partial charge on any atom is -0.377 e. The van der Waals surface area contributed by atoms with Gasteiger partial charge in [0.25, 0.3) is 0 Å². The number of aromatic nitrogens is 2. The van der Waals surface area contributed by atoms with E-state index >= 15 is 0 Å². The van der Waals surface area contributed by atoms with E-state index in [-0.39, 0.29) is 5.28 Å². The Balaban J connectivity index is 2.08. The summed E-state index contributed by atoms with van der Waals surface area (Å²) >= 11 is 11.8. The van der Waals surface area contributed by atoms with Crippen molar-refractivity contribution in [1.82, 2.24) is 9.97 Å². The normalized spacial score (nSPS) is 10.6. The molecule has 0 aliphatic rings. The molecular formula is C14H15Cl2N3O. The number of hydrogen-bond donors (Lipinski definition) is 1. The predicted molar refractivity (Wildman–Crippen MR) is 81.2 cm³/mol. The van der Waals surface area contributed by atoms with Crippen LogP contribution >= 0.6 is 23.2 Å². The zero-order valence-corrected chi connectivity index (χ0v) is 12.6. The van der Waals surface area contributed by atoms with Gasteiger partial charge in [0, 0.05) is 13.2 Å². The van der Waals surface area contributed by atoms with Crippen LogP contribution in [0.5, 0.6) is 0 Å². The Morgan fingerprint density at radius 2 is 1.95 bits per heavy atom. The molecule has 2 rings (SSSR count). The summed E-state index contributed by atoms with van der Waals surface area (Å²) in [5.74, 6) is 0.526. The Hall–Kier alpha value is -1.36. The average Bonchev–Trinajstić information content (AvgIpc) is 2.47.